The van der Waals surface area contributed by atoms with E-state index in [1.165, 1.54) is 37.7 Å². The van der Waals surface area contributed by atoms with Gasteiger partial charge in [0.25, 0.3) is 0 Å². The zero-order chi connectivity index (χ0) is 12.1. The predicted molar refractivity (Wildman–Crippen MR) is 83.7 cm³/mol. The Morgan fingerprint density at radius 1 is 1.24 bits per heavy atom. The van der Waals surface area contributed by atoms with Crippen molar-refractivity contribution in [1.29, 1.82) is 0 Å². The molecular weight excluding hydrogens is 391 g/mol. The van der Waals surface area contributed by atoms with Crippen LogP contribution in [0.25, 0.3) is 0 Å². The van der Waals surface area contributed by atoms with E-state index in [2.05, 4.69) is 62.8 Å². The summed E-state index contributed by atoms with van der Waals surface area (Å²) in [6.45, 7) is 0. The van der Waals surface area contributed by atoms with Gasteiger partial charge in [-0.15, -0.1) is 0 Å². The molecular formula is C14H18BrIO. The Bertz CT molecular complexity index is 350. The molecule has 94 valence electrons. The minimum absolute atomic E-state index is 0.231. The van der Waals surface area contributed by atoms with E-state index in [-0.39, 0.29) is 6.10 Å². The van der Waals surface area contributed by atoms with Crippen LogP contribution in [0, 0.1) is 0 Å². The van der Waals surface area contributed by atoms with E-state index in [1.54, 1.807) is 0 Å². The normalized spacial score (nSPS) is 19.2. The third kappa shape index (κ3) is 3.93. The first kappa shape index (κ1) is 13.8. The molecule has 1 fully saturated rings. The Morgan fingerprint density at radius 3 is 2.59 bits per heavy atom. The van der Waals surface area contributed by atoms with Crippen molar-refractivity contribution in [2.24, 2.45) is 0 Å². The van der Waals surface area contributed by atoms with Crippen LogP contribution in [-0.4, -0.2) is 10.5 Å². The lowest BCUT2D eigenvalue weighted by Crippen LogP contribution is -2.20. The maximum absolute atomic E-state index is 6.27. The summed E-state index contributed by atoms with van der Waals surface area (Å²) in [6, 6.07) is 8.40. The summed E-state index contributed by atoms with van der Waals surface area (Å²) in [7, 11) is 0. The zero-order valence-electron chi connectivity index (χ0n) is 9.87. The second-order valence-electron chi connectivity index (χ2n) is 4.56. The molecule has 0 N–H and O–H groups in total. The lowest BCUT2D eigenvalue weighted by molar-refractivity contribution is -0.0188. The van der Waals surface area contributed by atoms with Gasteiger partial charge in [0.2, 0.25) is 0 Å². The van der Waals surface area contributed by atoms with Crippen LogP contribution in [-0.2, 0) is 4.74 Å². The number of ether oxygens (including phenoxy) is 1. The van der Waals surface area contributed by atoms with Crippen LogP contribution in [0.4, 0.5) is 0 Å². The fourth-order valence-corrected chi connectivity index (χ4v) is 3.58. The van der Waals surface area contributed by atoms with Crippen molar-refractivity contribution in [2.45, 2.75) is 44.3 Å². The Morgan fingerprint density at radius 2 is 1.94 bits per heavy atom. The number of hydrogen-bond donors (Lipinski definition) is 0. The summed E-state index contributed by atoms with van der Waals surface area (Å²) in [5.41, 5.74) is 1.28. The van der Waals surface area contributed by atoms with Crippen LogP contribution < -0.4 is 0 Å². The molecule has 1 atom stereocenters. The van der Waals surface area contributed by atoms with Gasteiger partial charge in [0.05, 0.1) is 12.2 Å². The lowest BCUT2D eigenvalue weighted by Gasteiger charge is -2.27. The van der Waals surface area contributed by atoms with E-state index in [0.717, 1.165) is 8.90 Å². The van der Waals surface area contributed by atoms with Crippen molar-refractivity contribution in [1.82, 2.24) is 0 Å². The Hall–Kier alpha value is 0.390. The second kappa shape index (κ2) is 7.10. The first-order valence-electron chi connectivity index (χ1n) is 6.27. The summed E-state index contributed by atoms with van der Waals surface area (Å²) in [5.74, 6) is 0. The molecule has 0 radical (unpaired) electrons. The highest BCUT2D eigenvalue weighted by molar-refractivity contribution is 14.1. The van der Waals surface area contributed by atoms with Crippen molar-refractivity contribution >= 4 is 38.5 Å². The van der Waals surface area contributed by atoms with Gasteiger partial charge in [-0.25, -0.2) is 0 Å². The minimum atomic E-state index is 0.231. The molecule has 0 spiro atoms. The van der Waals surface area contributed by atoms with Gasteiger partial charge >= 0.3 is 0 Å². The zero-order valence-corrected chi connectivity index (χ0v) is 13.6. The van der Waals surface area contributed by atoms with Gasteiger partial charge in [0.1, 0.15) is 0 Å². The SMILES string of the molecule is Brc1ccccc1C(CI)OC1CCCCC1. The van der Waals surface area contributed by atoms with Crippen molar-refractivity contribution < 1.29 is 4.74 Å². The molecule has 3 heteroatoms. The summed E-state index contributed by atoms with van der Waals surface area (Å²) in [4.78, 5) is 0. The van der Waals surface area contributed by atoms with E-state index >= 15 is 0 Å². The van der Waals surface area contributed by atoms with Gasteiger partial charge in [-0.1, -0.05) is 76.0 Å². The summed E-state index contributed by atoms with van der Waals surface area (Å²) < 4.78 is 8.45. The molecule has 1 aliphatic carbocycles. The van der Waals surface area contributed by atoms with E-state index in [4.69, 9.17) is 4.74 Å². The summed E-state index contributed by atoms with van der Waals surface area (Å²) >= 11 is 6.04. The first-order chi connectivity index (χ1) is 8.31. The molecule has 0 aliphatic heterocycles. The molecule has 0 heterocycles. The Balaban J connectivity index is 2.03. The van der Waals surface area contributed by atoms with Crippen molar-refractivity contribution in [3.05, 3.63) is 34.3 Å². The smallest absolute Gasteiger partial charge is 0.0928 e. The van der Waals surface area contributed by atoms with Crippen LogP contribution in [0.15, 0.2) is 28.7 Å². The average molecular weight is 409 g/mol. The standard InChI is InChI=1S/C14H18BrIO/c15-13-9-5-4-8-12(13)14(10-16)17-11-6-2-1-3-7-11/h4-5,8-9,11,14H,1-3,6-7,10H2. The Kier molecular flexibility index (Phi) is 5.77. The number of hydrogen-bond acceptors (Lipinski definition) is 1. The number of rotatable bonds is 4. The van der Waals surface area contributed by atoms with E-state index < -0.39 is 0 Å². The molecule has 1 nitrogen and oxygen atoms in total. The molecule has 1 saturated carbocycles. The maximum Gasteiger partial charge on any atom is 0.0928 e. The molecule has 1 aromatic rings. The maximum atomic E-state index is 6.27. The number of alkyl halides is 1. The summed E-state index contributed by atoms with van der Waals surface area (Å²) in [5, 5.41) is 0. The molecule has 1 aliphatic rings. The molecule has 17 heavy (non-hydrogen) atoms. The highest BCUT2D eigenvalue weighted by atomic mass is 127. The van der Waals surface area contributed by atoms with E-state index in [9.17, 15) is 0 Å². The topological polar surface area (TPSA) is 9.23 Å². The lowest BCUT2D eigenvalue weighted by atomic mass is 9.97. The average Bonchev–Trinajstić information content (AvgIpc) is 2.38. The fraction of sp³-hybridized carbons (Fsp3) is 0.571. The van der Waals surface area contributed by atoms with E-state index in [1.807, 2.05) is 0 Å². The first-order valence-corrected chi connectivity index (χ1v) is 8.59. The van der Waals surface area contributed by atoms with Crippen molar-refractivity contribution in [2.75, 3.05) is 4.43 Å². The fourth-order valence-electron chi connectivity index (χ4n) is 2.36. The van der Waals surface area contributed by atoms with E-state index in [0.29, 0.717) is 6.10 Å². The quantitative estimate of drug-likeness (QED) is 0.486. The molecule has 0 bridgehead atoms. The van der Waals surface area contributed by atoms with Crippen LogP contribution in [0.5, 0.6) is 0 Å². The summed E-state index contributed by atoms with van der Waals surface area (Å²) in [6.07, 6.45) is 7.20. The van der Waals surface area contributed by atoms with Crippen molar-refractivity contribution in [3.63, 3.8) is 0 Å². The number of halogens is 2. The predicted octanol–water partition coefficient (Wildman–Crippen LogP) is 5.27. The highest BCUT2D eigenvalue weighted by Crippen LogP contribution is 2.31. The third-order valence-corrected chi connectivity index (χ3v) is 4.82. The molecule has 1 unspecified atom stereocenters. The van der Waals surface area contributed by atoms with Gasteiger partial charge in [0, 0.05) is 8.90 Å². The monoisotopic (exact) mass is 408 g/mol. The van der Waals surface area contributed by atoms with Crippen LogP contribution in [0.3, 0.4) is 0 Å². The second-order valence-corrected chi connectivity index (χ2v) is 6.30. The van der Waals surface area contributed by atoms with Crippen LogP contribution in [0.1, 0.15) is 43.8 Å². The molecule has 0 amide bonds. The third-order valence-electron chi connectivity index (χ3n) is 3.30. The van der Waals surface area contributed by atoms with Gasteiger partial charge in [-0.3, -0.25) is 0 Å². The van der Waals surface area contributed by atoms with Gasteiger partial charge in [0.15, 0.2) is 0 Å². The van der Waals surface area contributed by atoms with Gasteiger partial charge in [-0.2, -0.15) is 0 Å². The van der Waals surface area contributed by atoms with Crippen molar-refractivity contribution in [3.8, 4) is 0 Å². The number of benzene rings is 1. The molecule has 1 aromatic carbocycles. The molecule has 0 saturated heterocycles. The Labute approximate surface area is 126 Å². The highest BCUT2D eigenvalue weighted by Gasteiger charge is 2.20. The van der Waals surface area contributed by atoms with Crippen LogP contribution >= 0.6 is 38.5 Å². The molecule has 2 rings (SSSR count). The minimum Gasteiger partial charge on any atom is -0.369 e. The molecule has 0 aromatic heterocycles. The van der Waals surface area contributed by atoms with Gasteiger partial charge in [-0.05, 0) is 24.5 Å². The van der Waals surface area contributed by atoms with Gasteiger partial charge < -0.3 is 4.74 Å². The van der Waals surface area contributed by atoms with Crippen LogP contribution in [0.2, 0.25) is 0 Å². The largest absolute Gasteiger partial charge is 0.369 e.